The van der Waals surface area contributed by atoms with Gasteiger partial charge in [-0.1, -0.05) is 6.42 Å². The van der Waals surface area contributed by atoms with Gasteiger partial charge in [0, 0.05) is 12.6 Å². The molecule has 1 aliphatic carbocycles. The lowest BCUT2D eigenvalue weighted by Crippen LogP contribution is -2.22. The van der Waals surface area contributed by atoms with Crippen molar-refractivity contribution in [3.63, 3.8) is 0 Å². The summed E-state index contributed by atoms with van der Waals surface area (Å²) < 4.78 is 4.55. The molecule has 0 saturated heterocycles. The summed E-state index contributed by atoms with van der Waals surface area (Å²) in [6.07, 6.45) is 3.44. The van der Waals surface area contributed by atoms with Crippen molar-refractivity contribution in [2.24, 2.45) is 5.92 Å². The molecule has 0 unspecified atom stereocenters. The second-order valence-corrected chi connectivity index (χ2v) is 4.49. The molecule has 2 rings (SSSR count). The molecule has 1 aromatic rings. The summed E-state index contributed by atoms with van der Waals surface area (Å²) in [6, 6.07) is 2.56. The minimum atomic E-state index is -0.610. The fourth-order valence-electron chi connectivity index (χ4n) is 1.89. The molecule has 0 aromatic carbocycles. The Bertz CT molecular complexity index is 500. The van der Waals surface area contributed by atoms with Gasteiger partial charge in [0.25, 0.3) is 0 Å². The van der Waals surface area contributed by atoms with Crippen LogP contribution in [0.25, 0.3) is 0 Å². The van der Waals surface area contributed by atoms with Crippen LogP contribution in [0.5, 0.6) is 0 Å². The maximum absolute atomic E-state index is 11.4. The Hall–Kier alpha value is -2.18. The van der Waals surface area contributed by atoms with Crippen LogP contribution >= 0.6 is 0 Å². The third-order valence-corrected chi connectivity index (χ3v) is 3.25. The van der Waals surface area contributed by atoms with Crippen LogP contribution in [0.15, 0.2) is 12.1 Å². The summed E-state index contributed by atoms with van der Waals surface area (Å²) in [6.45, 7) is 0.637. The summed E-state index contributed by atoms with van der Waals surface area (Å²) in [5.41, 5.74) is -0.0730. The second-order valence-electron chi connectivity index (χ2n) is 4.49. The number of esters is 1. The van der Waals surface area contributed by atoms with E-state index in [0.717, 1.165) is 12.8 Å². The number of pyridine rings is 1. The molecule has 1 saturated carbocycles. The Morgan fingerprint density at radius 1 is 1.58 bits per heavy atom. The lowest BCUT2D eigenvalue weighted by Gasteiger charge is -2.25. The first-order valence-electron chi connectivity index (χ1n) is 6.09. The topological polar surface area (TPSA) is 94.4 Å². The lowest BCUT2D eigenvalue weighted by atomic mass is 9.85. The molecule has 0 atom stereocenters. The van der Waals surface area contributed by atoms with Gasteiger partial charge < -0.3 is 10.1 Å². The standard InChI is InChI=1S/C12H15N3O4/c1-19-12(16)9-5-6-10(15(17)18)11(14-9)13-7-8-3-2-4-8/h5-6,8H,2-4,7H2,1H3,(H,13,14). The van der Waals surface area contributed by atoms with Crippen molar-refractivity contribution in [2.75, 3.05) is 19.0 Å². The van der Waals surface area contributed by atoms with E-state index < -0.39 is 10.9 Å². The Balaban J connectivity index is 2.19. The van der Waals surface area contributed by atoms with Crippen molar-refractivity contribution in [3.05, 3.63) is 27.9 Å². The molecular weight excluding hydrogens is 250 g/mol. The maximum atomic E-state index is 11.4. The smallest absolute Gasteiger partial charge is 0.356 e. The summed E-state index contributed by atoms with van der Waals surface area (Å²) in [5.74, 6) is 0.0459. The van der Waals surface area contributed by atoms with Crippen LogP contribution in [0.1, 0.15) is 29.8 Å². The molecule has 19 heavy (non-hydrogen) atoms. The van der Waals surface area contributed by atoms with E-state index in [1.807, 2.05) is 0 Å². The SMILES string of the molecule is COC(=O)c1ccc([N+](=O)[O-])c(NCC2CCC2)n1. The molecule has 7 nitrogen and oxygen atoms in total. The number of hydrogen-bond donors (Lipinski definition) is 1. The van der Waals surface area contributed by atoms with E-state index in [1.165, 1.54) is 25.7 Å². The Labute approximate surface area is 110 Å². The number of carbonyl (C=O) groups excluding carboxylic acids is 1. The average molecular weight is 265 g/mol. The van der Waals surface area contributed by atoms with Gasteiger partial charge in [-0.05, 0) is 24.8 Å². The monoisotopic (exact) mass is 265 g/mol. The van der Waals surface area contributed by atoms with Gasteiger partial charge in [0.2, 0.25) is 5.82 Å². The largest absolute Gasteiger partial charge is 0.464 e. The van der Waals surface area contributed by atoms with Crippen LogP contribution in [-0.4, -0.2) is 29.5 Å². The first-order chi connectivity index (χ1) is 9.11. The number of hydrogen-bond acceptors (Lipinski definition) is 6. The molecule has 1 aliphatic rings. The quantitative estimate of drug-likeness (QED) is 0.497. The lowest BCUT2D eigenvalue weighted by molar-refractivity contribution is -0.384. The highest BCUT2D eigenvalue weighted by Crippen LogP contribution is 2.28. The predicted molar refractivity (Wildman–Crippen MR) is 68.1 cm³/mol. The number of ether oxygens (including phenoxy) is 1. The second kappa shape index (κ2) is 5.64. The zero-order valence-electron chi connectivity index (χ0n) is 10.6. The molecule has 7 heteroatoms. The van der Waals surface area contributed by atoms with Gasteiger partial charge in [-0.15, -0.1) is 0 Å². The number of anilines is 1. The fraction of sp³-hybridized carbons (Fsp3) is 0.500. The van der Waals surface area contributed by atoms with Gasteiger partial charge in [0.15, 0.2) is 5.69 Å². The van der Waals surface area contributed by atoms with Gasteiger partial charge in [-0.2, -0.15) is 0 Å². The van der Waals surface area contributed by atoms with E-state index in [1.54, 1.807) is 0 Å². The van der Waals surface area contributed by atoms with Crippen molar-refractivity contribution in [3.8, 4) is 0 Å². The number of aromatic nitrogens is 1. The highest BCUT2D eigenvalue weighted by molar-refractivity contribution is 5.88. The third-order valence-electron chi connectivity index (χ3n) is 3.25. The van der Waals surface area contributed by atoms with Crippen LogP contribution in [-0.2, 0) is 4.74 Å². The number of carbonyl (C=O) groups is 1. The number of nitrogens with one attached hydrogen (secondary N) is 1. The minimum absolute atomic E-state index is 0.0595. The van der Waals surface area contributed by atoms with Crippen LogP contribution in [0, 0.1) is 16.0 Å². The van der Waals surface area contributed by atoms with Gasteiger partial charge >= 0.3 is 11.7 Å². The summed E-state index contributed by atoms with van der Waals surface area (Å²) in [7, 11) is 1.24. The van der Waals surface area contributed by atoms with E-state index in [4.69, 9.17) is 0 Å². The average Bonchev–Trinajstić information content (AvgIpc) is 2.35. The number of rotatable bonds is 5. The summed E-state index contributed by atoms with van der Waals surface area (Å²) >= 11 is 0. The zero-order valence-corrected chi connectivity index (χ0v) is 10.6. The molecule has 1 N–H and O–H groups in total. The number of nitrogens with zero attached hydrogens (tertiary/aromatic N) is 2. The van der Waals surface area contributed by atoms with Crippen LogP contribution in [0.4, 0.5) is 11.5 Å². The molecule has 0 bridgehead atoms. The number of nitro groups is 1. The van der Waals surface area contributed by atoms with E-state index in [0.29, 0.717) is 12.5 Å². The molecule has 0 aliphatic heterocycles. The Morgan fingerprint density at radius 3 is 2.84 bits per heavy atom. The first-order valence-corrected chi connectivity index (χ1v) is 6.09. The molecule has 1 fully saturated rings. The highest BCUT2D eigenvalue weighted by atomic mass is 16.6. The van der Waals surface area contributed by atoms with E-state index in [-0.39, 0.29) is 17.2 Å². The van der Waals surface area contributed by atoms with Crippen LogP contribution in [0.3, 0.4) is 0 Å². The third kappa shape index (κ3) is 2.98. The van der Waals surface area contributed by atoms with Gasteiger partial charge in [-0.25, -0.2) is 9.78 Å². The number of methoxy groups -OCH3 is 1. The fourth-order valence-corrected chi connectivity index (χ4v) is 1.89. The van der Waals surface area contributed by atoms with Crippen molar-refractivity contribution in [1.82, 2.24) is 4.98 Å². The van der Waals surface area contributed by atoms with Gasteiger partial charge in [-0.3, -0.25) is 10.1 Å². The van der Waals surface area contributed by atoms with Crippen LogP contribution < -0.4 is 5.32 Å². The van der Waals surface area contributed by atoms with Crippen LogP contribution in [0.2, 0.25) is 0 Å². The summed E-state index contributed by atoms with van der Waals surface area (Å²) in [5, 5.41) is 13.9. The van der Waals surface area contributed by atoms with E-state index >= 15 is 0 Å². The van der Waals surface area contributed by atoms with Crippen molar-refractivity contribution >= 4 is 17.5 Å². The first kappa shape index (κ1) is 13.3. The molecule has 1 heterocycles. The van der Waals surface area contributed by atoms with Crippen molar-refractivity contribution in [2.45, 2.75) is 19.3 Å². The van der Waals surface area contributed by atoms with Crippen molar-refractivity contribution in [1.29, 1.82) is 0 Å². The molecule has 0 spiro atoms. The normalized spacial score (nSPS) is 14.6. The Morgan fingerprint density at radius 2 is 2.32 bits per heavy atom. The Kier molecular flexibility index (Phi) is 3.94. The van der Waals surface area contributed by atoms with E-state index in [2.05, 4.69) is 15.0 Å². The molecular formula is C12H15N3O4. The molecule has 1 aromatic heterocycles. The maximum Gasteiger partial charge on any atom is 0.356 e. The van der Waals surface area contributed by atoms with Gasteiger partial charge in [0.1, 0.15) is 0 Å². The zero-order chi connectivity index (χ0) is 13.8. The summed E-state index contributed by atoms with van der Waals surface area (Å²) in [4.78, 5) is 25.7. The molecule has 0 amide bonds. The predicted octanol–water partition coefficient (Wildman–Crippen LogP) is 1.99. The minimum Gasteiger partial charge on any atom is -0.464 e. The highest BCUT2D eigenvalue weighted by Gasteiger charge is 2.22. The van der Waals surface area contributed by atoms with Crippen molar-refractivity contribution < 1.29 is 14.5 Å². The van der Waals surface area contributed by atoms with E-state index in [9.17, 15) is 14.9 Å². The molecule has 0 radical (unpaired) electrons. The molecule has 102 valence electrons. The van der Waals surface area contributed by atoms with Gasteiger partial charge in [0.05, 0.1) is 12.0 Å².